The molecule has 0 fully saturated rings. The molecule has 1 rings (SSSR count). The van der Waals surface area contributed by atoms with Crippen molar-refractivity contribution in [2.24, 2.45) is 0 Å². The molecule has 100 valence electrons. The molecule has 0 aliphatic carbocycles. The molecular formula is C13H17BrFNO2. The Bertz CT molecular complexity index is 412. The van der Waals surface area contributed by atoms with E-state index in [0.29, 0.717) is 18.5 Å². The maximum absolute atomic E-state index is 13.5. The fraction of sp³-hybridized carbons (Fsp3) is 0.462. The molecule has 0 unspecified atom stereocenters. The van der Waals surface area contributed by atoms with Gasteiger partial charge < -0.3 is 10.0 Å². The predicted octanol–water partition coefficient (Wildman–Crippen LogP) is 3.27. The quantitative estimate of drug-likeness (QED) is 0.785. The molecule has 0 bridgehead atoms. The standard InChI is InChI=1S/C13H17BrFNO2/c1-16(7-3-2-4-13(17)18)9-10-8-11(14)5-6-12(10)15/h5-6,8H,2-4,7,9H2,1H3,(H,17,18). The number of carboxylic acids is 1. The van der Waals surface area contributed by atoms with E-state index in [4.69, 9.17) is 5.11 Å². The molecule has 0 amide bonds. The van der Waals surface area contributed by atoms with E-state index in [1.54, 1.807) is 12.1 Å². The number of unbranched alkanes of at least 4 members (excludes halogenated alkanes) is 1. The van der Waals surface area contributed by atoms with E-state index in [9.17, 15) is 9.18 Å². The SMILES string of the molecule is CN(CCCCC(=O)O)Cc1cc(Br)ccc1F. The van der Waals surface area contributed by atoms with Crippen molar-refractivity contribution in [3.8, 4) is 0 Å². The predicted molar refractivity (Wildman–Crippen MR) is 71.9 cm³/mol. The molecule has 3 nitrogen and oxygen atoms in total. The van der Waals surface area contributed by atoms with Crippen molar-refractivity contribution in [2.45, 2.75) is 25.8 Å². The third-order valence-corrected chi connectivity index (χ3v) is 3.12. The van der Waals surface area contributed by atoms with Crippen LogP contribution in [0, 0.1) is 5.82 Å². The Hall–Kier alpha value is -0.940. The summed E-state index contributed by atoms with van der Waals surface area (Å²) in [6.45, 7) is 1.29. The Labute approximate surface area is 115 Å². The molecule has 18 heavy (non-hydrogen) atoms. The monoisotopic (exact) mass is 317 g/mol. The van der Waals surface area contributed by atoms with Gasteiger partial charge in [-0.25, -0.2) is 4.39 Å². The minimum Gasteiger partial charge on any atom is -0.481 e. The van der Waals surface area contributed by atoms with Gasteiger partial charge in [-0.05, 0) is 44.6 Å². The lowest BCUT2D eigenvalue weighted by molar-refractivity contribution is -0.137. The largest absolute Gasteiger partial charge is 0.481 e. The van der Waals surface area contributed by atoms with Gasteiger partial charge in [-0.2, -0.15) is 0 Å². The number of hydrogen-bond acceptors (Lipinski definition) is 2. The number of rotatable bonds is 7. The molecule has 1 N–H and O–H groups in total. The Morgan fingerprint density at radius 3 is 2.83 bits per heavy atom. The Kier molecular flexibility index (Phi) is 6.29. The van der Waals surface area contributed by atoms with E-state index in [2.05, 4.69) is 15.9 Å². The highest BCUT2D eigenvalue weighted by Crippen LogP contribution is 2.17. The second-order valence-corrected chi connectivity index (χ2v) is 5.24. The minimum atomic E-state index is -0.768. The van der Waals surface area contributed by atoms with Crippen molar-refractivity contribution in [3.05, 3.63) is 34.1 Å². The zero-order valence-electron chi connectivity index (χ0n) is 10.3. The summed E-state index contributed by atoms with van der Waals surface area (Å²) in [6.07, 6.45) is 1.65. The van der Waals surface area contributed by atoms with Crippen molar-refractivity contribution in [2.75, 3.05) is 13.6 Å². The van der Waals surface area contributed by atoms with Crippen LogP contribution in [0.1, 0.15) is 24.8 Å². The third-order valence-electron chi connectivity index (χ3n) is 2.63. The van der Waals surface area contributed by atoms with Gasteiger partial charge >= 0.3 is 5.97 Å². The summed E-state index contributed by atoms with van der Waals surface area (Å²) in [5.41, 5.74) is 0.644. The summed E-state index contributed by atoms with van der Waals surface area (Å²) in [5.74, 6) is -0.980. The number of carboxylic acid groups (broad SMARTS) is 1. The number of hydrogen-bond donors (Lipinski definition) is 1. The van der Waals surface area contributed by atoms with Crippen LogP contribution >= 0.6 is 15.9 Å². The summed E-state index contributed by atoms with van der Waals surface area (Å²) in [4.78, 5) is 12.3. The normalized spacial score (nSPS) is 10.9. The second-order valence-electron chi connectivity index (χ2n) is 4.32. The molecule has 0 saturated carbocycles. The first-order valence-electron chi connectivity index (χ1n) is 5.83. The smallest absolute Gasteiger partial charge is 0.303 e. The van der Waals surface area contributed by atoms with Crippen LogP contribution in [0.5, 0.6) is 0 Å². The molecule has 1 aromatic carbocycles. The number of benzene rings is 1. The van der Waals surface area contributed by atoms with Gasteiger partial charge in [0.2, 0.25) is 0 Å². The van der Waals surface area contributed by atoms with Crippen LogP contribution in [0.2, 0.25) is 0 Å². The second kappa shape index (κ2) is 7.48. The van der Waals surface area contributed by atoms with E-state index in [-0.39, 0.29) is 12.2 Å². The fourth-order valence-corrected chi connectivity index (χ4v) is 2.10. The lowest BCUT2D eigenvalue weighted by atomic mass is 10.2. The molecule has 0 saturated heterocycles. The van der Waals surface area contributed by atoms with E-state index in [0.717, 1.165) is 17.4 Å². The average molecular weight is 318 g/mol. The molecule has 0 aliphatic rings. The first-order chi connectivity index (χ1) is 8.49. The van der Waals surface area contributed by atoms with Crippen molar-refractivity contribution in [1.29, 1.82) is 0 Å². The van der Waals surface area contributed by atoms with E-state index in [1.165, 1.54) is 6.07 Å². The third kappa shape index (κ3) is 5.60. The van der Waals surface area contributed by atoms with Crippen molar-refractivity contribution < 1.29 is 14.3 Å². The van der Waals surface area contributed by atoms with Crippen LogP contribution in [-0.4, -0.2) is 29.6 Å². The maximum Gasteiger partial charge on any atom is 0.303 e. The van der Waals surface area contributed by atoms with Gasteiger partial charge in [0.25, 0.3) is 0 Å². The van der Waals surface area contributed by atoms with Crippen LogP contribution in [0.3, 0.4) is 0 Å². The first-order valence-corrected chi connectivity index (χ1v) is 6.62. The molecule has 0 aromatic heterocycles. The molecular weight excluding hydrogens is 301 g/mol. The van der Waals surface area contributed by atoms with Gasteiger partial charge in [-0.1, -0.05) is 15.9 Å². The lowest BCUT2D eigenvalue weighted by Gasteiger charge is -2.17. The average Bonchev–Trinajstić information content (AvgIpc) is 2.29. The molecule has 0 spiro atoms. The van der Waals surface area contributed by atoms with Crippen LogP contribution in [0.15, 0.2) is 22.7 Å². The van der Waals surface area contributed by atoms with E-state index in [1.807, 2.05) is 11.9 Å². The van der Waals surface area contributed by atoms with Crippen molar-refractivity contribution in [1.82, 2.24) is 4.90 Å². The summed E-state index contributed by atoms with van der Waals surface area (Å²) >= 11 is 3.32. The van der Waals surface area contributed by atoms with E-state index >= 15 is 0 Å². The highest BCUT2D eigenvalue weighted by atomic mass is 79.9. The van der Waals surface area contributed by atoms with Gasteiger partial charge in [-0.15, -0.1) is 0 Å². The molecule has 5 heteroatoms. The summed E-state index contributed by atoms with van der Waals surface area (Å²) in [5, 5.41) is 8.51. The fourth-order valence-electron chi connectivity index (χ4n) is 1.69. The van der Waals surface area contributed by atoms with Crippen LogP contribution in [0.25, 0.3) is 0 Å². The molecule has 0 aliphatic heterocycles. The summed E-state index contributed by atoms with van der Waals surface area (Å²) in [6, 6.07) is 4.88. The Morgan fingerprint density at radius 2 is 2.17 bits per heavy atom. The highest BCUT2D eigenvalue weighted by Gasteiger charge is 2.06. The number of carbonyl (C=O) groups is 1. The van der Waals surface area contributed by atoms with Gasteiger partial charge in [-0.3, -0.25) is 4.79 Å². The van der Waals surface area contributed by atoms with Crippen molar-refractivity contribution >= 4 is 21.9 Å². The Balaban J connectivity index is 2.37. The lowest BCUT2D eigenvalue weighted by Crippen LogP contribution is -2.20. The Morgan fingerprint density at radius 1 is 1.44 bits per heavy atom. The highest BCUT2D eigenvalue weighted by molar-refractivity contribution is 9.10. The first kappa shape index (κ1) is 15.1. The topological polar surface area (TPSA) is 40.5 Å². The maximum atomic E-state index is 13.5. The van der Waals surface area contributed by atoms with Crippen LogP contribution in [-0.2, 0) is 11.3 Å². The zero-order chi connectivity index (χ0) is 13.5. The molecule has 1 aromatic rings. The zero-order valence-corrected chi connectivity index (χ0v) is 11.9. The van der Waals surface area contributed by atoms with Crippen LogP contribution < -0.4 is 0 Å². The number of halogens is 2. The molecule has 0 heterocycles. The summed E-state index contributed by atoms with van der Waals surface area (Å²) < 4.78 is 14.4. The van der Waals surface area contributed by atoms with Gasteiger partial charge in [0, 0.05) is 23.0 Å². The molecule has 0 atom stereocenters. The number of nitrogens with zero attached hydrogens (tertiary/aromatic N) is 1. The van der Waals surface area contributed by atoms with Gasteiger partial charge in [0.15, 0.2) is 0 Å². The van der Waals surface area contributed by atoms with Crippen LogP contribution in [0.4, 0.5) is 4.39 Å². The van der Waals surface area contributed by atoms with Gasteiger partial charge in [0.05, 0.1) is 0 Å². The number of aliphatic carboxylic acids is 1. The summed E-state index contributed by atoms with van der Waals surface area (Å²) in [7, 11) is 1.90. The minimum absolute atomic E-state index is 0.194. The van der Waals surface area contributed by atoms with E-state index < -0.39 is 5.97 Å². The molecule has 0 radical (unpaired) electrons. The van der Waals surface area contributed by atoms with Crippen molar-refractivity contribution in [3.63, 3.8) is 0 Å². The van der Waals surface area contributed by atoms with Gasteiger partial charge in [0.1, 0.15) is 5.82 Å².